The lowest BCUT2D eigenvalue weighted by molar-refractivity contribution is -0.137. The molecule has 10 nitrogen and oxygen atoms in total. The number of piperidine rings is 1. The first-order valence-corrected chi connectivity index (χ1v) is 13.6. The van der Waals surface area contributed by atoms with Crippen molar-refractivity contribution in [2.75, 3.05) is 45.5 Å². The number of piperazine rings is 1. The maximum Gasteiger partial charge on any atom is 0.245 e. The van der Waals surface area contributed by atoms with Crippen molar-refractivity contribution in [3.05, 3.63) is 18.2 Å². The number of amides is 1. The fraction of sp³-hybridized carbons (Fsp3) is 0.588. The largest absolute Gasteiger partial charge is 0.340 e. The number of rotatable bonds is 4. The zero-order valence-electron chi connectivity index (χ0n) is 16.5. The molecule has 0 N–H and O–H groups in total. The van der Waals surface area contributed by atoms with Gasteiger partial charge in [-0.2, -0.15) is 13.1 Å². The van der Waals surface area contributed by atoms with Gasteiger partial charge in [0.1, 0.15) is 15.9 Å². The Labute approximate surface area is 179 Å². The Hall–Kier alpha value is -1.67. The van der Waals surface area contributed by atoms with Gasteiger partial charge in [0.2, 0.25) is 26.0 Å². The second-order valence-corrected chi connectivity index (χ2v) is 12.0. The lowest BCUT2D eigenvalue weighted by Gasteiger charge is -2.38. The van der Waals surface area contributed by atoms with E-state index >= 15 is 0 Å². The zero-order chi connectivity index (χ0) is 21.5. The quantitative estimate of drug-likeness (QED) is 0.622. The van der Waals surface area contributed by atoms with Crippen LogP contribution >= 0.6 is 11.7 Å². The van der Waals surface area contributed by atoms with Crippen LogP contribution in [0.25, 0.3) is 11.0 Å². The van der Waals surface area contributed by atoms with Crippen LogP contribution < -0.4 is 0 Å². The molecule has 1 atom stereocenters. The molecule has 0 saturated carbocycles. The first-order valence-electron chi connectivity index (χ1n) is 9.63. The molecule has 1 unspecified atom stereocenters. The van der Waals surface area contributed by atoms with Gasteiger partial charge in [0.15, 0.2) is 0 Å². The Morgan fingerprint density at radius 1 is 1.03 bits per heavy atom. The molecule has 2 aliphatic rings. The maximum absolute atomic E-state index is 13.1. The van der Waals surface area contributed by atoms with Crippen LogP contribution in [-0.2, 0) is 24.8 Å². The van der Waals surface area contributed by atoms with Crippen LogP contribution in [0.15, 0.2) is 23.1 Å². The fourth-order valence-electron chi connectivity index (χ4n) is 3.98. The topological polar surface area (TPSA) is 121 Å². The summed E-state index contributed by atoms with van der Waals surface area (Å²) >= 11 is 0.969. The SMILES string of the molecule is CS(=O)(=O)N1CCCC(C(=O)N2CCN(S(=O)(=O)c3cccc4nsnc34)CC2)C1. The first-order chi connectivity index (χ1) is 14.2. The Morgan fingerprint density at radius 3 is 2.47 bits per heavy atom. The van der Waals surface area contributed by atoms with E-state index in [0.29, 0.717) is 30.4 Å². The number of fused-ring (bicyclic) bond motifs is 1. The summed E-state index contributed by atoms with van der Waals surface area (Å²) in [5, 5.41) is 0. The van der Waals surface area contributed by atoms with E-state index in [2.05, 4.69) is 8.75 Å². The highest BCUT2D eigenvalue weighted by molar-refractivity contribution is 7.89. The second kappa shape index (κ2) is 8.11. The summed E-state index contributed by atoms with van der Waals surface area (Å²) in [6.45, 7) is 1.55. The molecule has 2 fully saturated rings. The summed E-state index contributed by atoms with van der Waals surface area (Å²) in [5.41, 5.74) is 0.909. The van der Waals surface area contributed by atoms with Crippen molar-refractivity contribution in [3.8, 4) is 0 Å². The third-order valence-corrected chi connectivity index (χ3v) is 9.36. The molecule has 0 bridgehead atoms. The van der Waals surface area contributed by atoms with E-state index in [9.17, 15) is 21.6 Å². The summed E-state index contributed by atoms with van der Waals surface area (Å²) in [6, 6.07) is 4.89. The minimum atomic E-state index is -3.75. The third kappa shape index (κ3) is 4.08. The van der Waals surface area contributed by atoms with Crippen LogP contribution in [0.5, 0.6) is 0 Å². The molecule has 1 aromatic carbocycles. The number of benzene rings is 1. The van der Waals surface area contributed by atoms with E-state index in [4.69, 9.17) is 0 Å². The van der Waals surface area contributed by atoms with Crippen LogP contribution in [0, 0.1) is 5.92 Å². The molecule has 4 rings (SSSR count). The highest BCUT2D eigenvalue weighted by Gasteiger charge is 2.36. The van der Waals surface area contributed by atoms with Gasteiger partial charge in [0.05, 0.1) is 23.9 Å². The molecule has 1 amide bonds. The predicted molar refractivity (Wildman–Crippen MR) is 112 cm³/mol. The molecule has 1 aromatic heterocycles. The van der Waals surface area contributed by atoms with E-state index in [1.807, 2.05) is 0 Å². The highest BCUT2D eigenvalue weighted by Crippen LogP contribution is 2.26. The first kappa shape index (κ1) is 21.6. The maximum atomic E-state index is 13.1. The van der Waals surface area contributed by atoms with E-state index in [0.717, 1.165) is 18.0 Å². The summed E-state index contributed by atoms with van der Waals surface area (Å²) < 4.78 is 60.8. The van der Waals surface area contributed by atoms with Crippen molar-refractivity contribution in [2.45, 2.75) is 17.7 Å². The normalized spacial score (nSPS) is 22.4. The van der Waals surface area contributed by atoms with Crippen molar-refractivity contribution in [1.29, 1.82) is 0 Å². The van der Waals surface area contributed by atoms with Gasteiger partial charge in [0, 0.05) is 39.3 Å². The standard InChI is InChI=1S/C17H23N5O5S3/c1-29(24,25)22-7-3-4-13(12-22)17(23)20-8-10-21(11-9-20)30(26,27)15-6-2-5-14-16(15)19-28-18-14/h2,5-6,13H,3-4,7-12H2,1H3. The minimum absolute atomic E-state index is 0.105. The Kier molecular flexibility index (Phi) is 5.83. The predicted octanol–water partition coefficient (Wildman–Crippen LogP) is 0.196. The minimum Gasteiger partial charge on any atom is -0.340 e. The smallest absolute Gasteiger partial charge is 0.245 e. The van der Waals surface area contributed by atoms with Gasteiger partial charge in [-0.05, 0) is 25.0 Å². The molecule has 2 saturated heterocycles. The van der Waals surface area contributed by atoms with E-state index in [-0.39, 0.29) is 49.4 Å². The Balaban J connectivity index is 1.43. The lowest BCUT2D eigenvalue weighted by atomic mass is 9.98. The van der Waals surface area contributed by atoms with Crippen molar-refractivity contribution in [1.82, 2.24) is 22.3 Å². The molecule has 13 heteroatoms. The monoisotopic (exact) mass is 473 g/mol. The number of carbonyl (C=O) groups is 1. The van der Waals surface area contributed by atoms with Gasteiger partial charge in [-0.15, -0.1) is 0 Å². The summed E-state index contributed by atoms with van der Waals surface area (Å²) in [6.07, 6.45) is 2.44. The molecule has 0 radical (unpaired) electrons. The Morgan fingerprint density at radius 2 is 1.77 bits per heavy atom. The van der Waals surface area contributed by atoms with Crippen LogP contribution in [0.3, 0.4) is 0 Å². The number of nitrogens with zero attached hydrogens (tertiary/aromatic N) is 5. The zero-order valence-corrected chi connectivity index (χ0v) is 18.9. The molecule has 164 valence electrons. The summed E-state index contributed by atoms with van der Waals surface area (Å²) in [5.74, 6) is -0.488. The van der Waals surface area contributed by atoms with Gasteiger partial charge in [-0.1, -0.05) is 6.07 Å². The summed E-state index contributed by atoms with van der Waals surface area (Å²) in [4.78, 5) is 14.7. The van der Waals surface area contributed by atoms with Crippen LogP contribution in [-0.4, -0.2) is 90.5 Å². The highest BCUT2D eigenvalue weighted by atomic mass is 32.2. The van der Waals surface area contributed by atoms with Crippen molar-refractivity contribution in [3.63, 3.8) is 0 Å². The molecule has 0 aliphatic carbocycles. The number of carbonyl (C=O) groups excluding carboxylic acids is 1. The van der Waals surface area contributed by atoms with Gasteiger partial charge < -0.3 is 4.90 Å². The van der Waals surface area contributed by atoms with Gasteiger partial charge in [-0.25, -0.2) is 21.1 Å². The van der Waals surface area contributed by atoms with E-state index < -0.39 is 20.0 Å². The Bertz CT molecular complexity index is 1160. The fourth-order valence-corrected chi connectivity index (χ4v) is 7.07. The number of aromatic nitrogens is 2. The van der Waals surface area contributed by atoms with Crippen LogP contribution in [0.4, 0.5) is 0 Å². The van der Waals surface area contributed by atoms with Gasteiger partial charge >= 0.3 is 0 Å². The summed E-state index contributed by atoms with van der Waals surface area (Å²) in [7, 11) is -7.08. The molecular weight excluding hydrogens is 450 g/mol. The number of sulfonamides is 2. The van der Waals surface area contributed by atoms with Crippen molar-refractivity contribution >= 4 is 48.7 Å². The van der Waals surface area contributed by atoms with Crippen molar-refractivity contribution in [2.24, 2.45) is 5.92 Å². The average molecular weight is 474 g/mol. The van der Waals surface area contributed by atoms with Crippen molar-refractivity contribution < 1.29 is 21.6 Å². The molecule has 30 heavy (non-hydrogen) atoms. The van der Waals surface area contributed by atoms with Gasteiger partial charge in [-0.3, -0.25) is 4.79 Å². The molecule has 2 aromatic rings. The second-order valence-electron chi connectivity index (χ2n) is 7.58. The molecule has 3 heterocycles. The average Bonchev–Trinajstić information content (AvgIpc) is 3.21. The van der Waals surface area contributed by atoms with E-state index in [1.165, 1.54) is 14.7 Å². The molecular formula is C17H23N5O5S3. The van der Waals surface area contributed by atoms with Gasteiger partial charge in [0.25, 0.3) is 0 Å². The lowest BCUT2D eigenvalue weighted by Crippen LogP contribution is -2.54. The number of hydrogen-bond donors (Lipinski definition) is 0. The third-order valence-electron chi connectivity index (χ3n) is 5.62. The van der Waals surface area contributed by atoms with E-state index in [1.54, 1.807) is 17.0 Å². The van der Waals surface area contributed by atoms with Crippen LogP contribution in [0.1, 0.15) is 12.8 Å². The molecule has 2 aliphatic heterocycles. The number of hydrogen-bond acceptors (Lipinski definition) is 8. The molecule has 0 spiro atoms. The van der Waals surface area contributed by atoms with Crippen LogP contribution in [0.2, 0.25) is 0 Å².